The van der Waals surface area contributed by atoms with Crippen molar-refractivity contribution in [2.45, 2.75) is 64.5 Å². The standard InChI is InChI=1S/C35H39ClFN3O3Si/c1-24-21-40(22-25(2)43-24)34-26(20-29(32(37)31(34)36)33(39-41)30-18-12-13-19-38-30)23-42-44(35(3,4)5,27-14-8-6-9-15-27)28-16-10-7-11-17-28/h6-20,24-25,33H,21-23H2,1-5H3/t24-,25+,33?. The van der Waals surface area contributed by atoms with Gasteiger partial charge in [-0.1, -0.05) is 104 Å². The van der Waals surface area contributed by atoms with E-state index in [2.05, 4.69) is 60.1 Å². The van der Waals surface area contributed by atoms with E-state index in [0.717, 1.165) is 10.4 Å². The van der Waals surface area contributed by atoms with Crippen molar-refractivity contribution in [3.05, 3.63) is 124 Å². The fraction of sp³-hybridized carbons (Fsp3) is 0.343. The van der Waals surface area contributed by atoms with Crippen molar-refractivity contribution in [3.63, 3.8) is 0 Å². The lowest BCUT2D eigenvalue weighted by atomic mass is 9.98. The molecule has 4 aromatic rings. The third-order valence-electron chi connectivity index (χ3n) is 8.25. The summed E-state index contributed by atoms with van der Waals surface area (Å²) in [7, 11) is -2.96. The minimum absolute atomic E-state index is 0.0607. The summed E-state index contributed by atoms with van der Waals surface area (Å²) in [6, 6.07) is 26.4. The summed E-state index contributed by atoms with van der Waals surface area (Å²) in [6.45, 7) is 11.8. The quantitative estimate of drug-likeness (QED) is 0.142. The predicted octanol–water partition coefficient (Wildman–Crippen LogP) is 7.42. The van der Waals surface area contributed by atoms with E-state index in [4.69, 9.17) is 20.8 Å². The first-order chi connectivity index (χ1) is 21.1. The topological polar surface area (TPSA) is 64.0 Å². The molecule has 1 aliphatic rings. The predicted molar refractivity (Wildman–Crippen MR) is 178 cm³/mol. The zero-order valence-corrected chi connectivity index (χ0v) is 27.6. The Bertz CT molecular complexity index is 1520. The Labute approximate surface area is 265 Å². The third kappa shape index (κ3) is 6.22. The van der Waals surface area contributed by atoms with Gasteiger partial charge in [-0.25, -0.2) is 4.39 Å². The normalized spacial score (nSPS) is 18.2. The molecule has 0 aliphatic carbocycles. The smallest absolute Gasteiger partial charge is 0.261 e. The molecular weight excluding hydrogens is 593 g/mol. The monoisotopic (exact) mass is 631 g/mol. The van der Waals surface area contributed by atoms with Crippen LogP contribution in [-0.2, 0) is 15.8 Å². The number of rotatable bonds is 9. The number of nitrogens with zero attached hydrogens (tertiary/aromatic N) is 3. The van der Waals surface area contributed by atoms with Gasteiger partial charge in [0.15, 0.2) is 6.04 Å². The van der Waals surface area contributed by atoms with Crippen molar-refractivity contribution in [1.82, 2.24) is 4.98 Å². The van der Waals surface area contributed by atoms with Crippen LogP contribution in [0.2, 0.25) is 10.1 Å². The molecular formula is C35H39ClFN3O3Si. The molecule has 5 rings (SSSR count). The molecule has 3 aromatic carbocycles. The second kappa shape index (κ2) is 13.3. The molecule has 0 amide bonds. The van der Waals surface area contributed by atoms with Gasteiger partial charge in [-0.3, -0.25) is 4.98 Å². The molecule has 6 nitrogen and oxygen atoms in total. The molecule has 1 unspecified atom stereocenters. The number of pyridine rings is 1. The number of aromatic nitrogens is 1. The van der Waals surface area contributed by atoms with Crippen molar-refractivity contribution in [1.29, 1.82) is 0 Å². The lowest BCUT2D eigenvalue weighted by Crippen LogP contribution is -2.66. The molecule has 2 heterocycles. The van der Waals surface area contributed by atoms with Crippen molar-refractivity contribution >= 4 is 36.0 Å². The summed E-state index contributed by atoms with van der Waals surface area (Å²) in [5, 5.41) is 5.23. The van der Waals surface area contributed by atoms with Crippen LogP contribution in [-0.4, -0.2) is 38.6 Å². The minimum Gasteiger partial charge on any atom is -0.403 e. The Morgan fingerprint density at radius 3 is 2.07 bits per heavy atom. The highest BCUT2D eigenvalue weighted by molar-refractivity contribution is 6.99. The van der Waals surface area contributed by atoms with E-state index in [9.17, 15) is 4.91 Å². The molecule has 0 radical (unpaired) electrons. The van der Waals surface area contributed by atoms with Crippen LogP contribution < -0.4 is 15.3 Å². The number of halogens is 2. The Hall–Kier alpha value is -3.43. The van der Waals surface area contributed by atoms with Crippen LogP contribution in [0.15, 0.2) is 96.3 Å². The van der Waals surface area contributed by atoms with Gasteiger partial charge in [0.2, 0.25) is 0 Å². The Morgan fingerprint density at radius 2 is 1.57 bits per heavy atom. The highest BCUT2D eigenvalue weighted by atomic mass is 35.5. The second-order valence-corrected chi connectivity index (χ2v) is 17.2. The molecule has 0 N–H and O–H groups in total. The molecule has 0 spiro atoms. The molecule has 1 fully saturated rings. The number of ether oxygens (including phenoxy) is 1. The first-order valence-electron chi connectivity index (χ1n) is 15.0. The van der Waals surface area contributed by atoms with Crippen LogP contribution in [0, 0.1) is 10.7 Å². The van der Waals surface area contributed by atoms with E-state index in [-0.39, 0.29) is 34.4 Å². The molecule has 0 bridgehead atoms. The second-order valence-electron chi connectivity index (χ2n) is 12.5. The van der Waals surface area contributed by atoms with Gasteiger partial charge in [0, 0.05) is 30.4 Å². The molecule has 1 saturated heterocycles. The van der Waals surface area contributed by atoms with Crippen molar-refractivity contribution in [2.75, 3.05) is 18.0 Å². The summed E-state index contributed by atoms with van der Waals surface area (Å²) >= 11 is 6.93. The molecule has 1 aliphatic heterocycles. The number of anilines is 1. The lowest BCUT2D eigenvalue weighted by molar-refractivity contribution is -0.00532. The minimum atomic E-state index is -2.96. The van der Waals surface area contributed by atoms with E-state index in [1.165, 1.54) is 0 Å². The van der Waals surface area contributed by atoms with Crippen molar-refractivity contribution in [3.8, 4) is 0 Å². The maximum Gasteiger partial charge on any atom is 0.261 e. The van der Waals surface area contributed by atoms with Crippen LogP contribution in [0.4, 0.5) is 10.1 Å². The summed E-state index contributed by atoms with van der Waals surface area (Å²) in [5.74, 6) is -0.682. The van der Waals surface area contributed by atoms with Gasteiger partial charge in [0.25, 0.3) is 8.32 Å². The van der Waals surface area contributed by atoms with Gasteiger partial charge < -0.3 is 14.1 Å². The number of hydrogen-bond donors (Lipinski definition) is 0. The third-order valence-corrected chi connectivity index (χ3v) is 13.6. The zero-order chi connectivity index (χ0) is 31.5. The van der Waals surface area contributed by atoms with Crippen LogP contribution in [0.3, 0.4) is 0 Å². The highest BCUT2D eigenvalue weighted by Gasteiger charge is 2.50. The average molecular weight is 632 g/mol. The van der Waals surface area contributed by atoms with E-state index in [1.54, 1.807) is 30.5 Å². The molecule has 0 saturated carbocycles. The van der Waals surface area contributed by atoms with E-state index in [1.807, 2.05) is 50.2 Å². The molecule has 3 atom stereocenters. The van der Waals surface area contributed by atoms with Crippen molar-refractivity contribution < 1.29 is 13.6 Å². The van der Waals surface area contributed by atoms with Gasteiger partial charge >= 0.3 is 0 Å². The number of benzene rings is 3. The number of nitroso groups, excluding NO2 is 1. The molecule has 44 heavy (non-hydrogen) atoms. The molecule has 230 valence electrons. The van der Waals surface area contributed by atoms with Crippen molar-refractivity contribution in [2.24, 2.45) is 5.18 Å². The number of morpholine rings is 1. The van der Waals surface area contributed by atoms with Crippen LogP contribution in [0.1, 0.15) is 57.5 Å². The first kappa shape index (κ1) is 32.0. The van der Waals surface area contributed by atoms with Gasteiger partial charge in [0.1, 0.15) is 10.8 Å². The van der Waals surface area contributed by atoms with E-state index >= 15 is 4.39 Å². The van der Waals surface area contributed by atoms with Gasteiger partial charge in [-0.05, 0) is 47.5 Å². The fourth-order valence-electron chi connectivity index (χ4n) is 6.46. The maximum absolute atomic E-state index is 16.3. The Kier molecular flexibility index (Phi) is 9.65. The summed E-state index contributed by atoms with van der Waals surface area (Å²) < 4.78 is 29.5. The summed E-state index contributed by atoms with van der Waals surface area (Å²) in [5.41, 5.74) is 1.66. The maximum atomic E-state index is 16.3. The molecule has 9 heteroatoms. The highest BCUT2D eigenvalue weighted by Crippen LogP contribution is 2.42. The SMILES string of the molecule is C[C@@H]1CN(c2c(CO[Si](c3ccccc3)(c3ccccc3)C(C)(C)C)cc(C(N=O)c3ccccn3)c(F)c2Cl)C[C@H](C)O1. The first-order valence-corrected chi connectivity index (χ1v) is 17.2. The van der Waals surface area contributed by atoms with Crippen LogP contribution >= 0.6 is 11.6 Å². The van der Waals surface area contributed by atoms with Crippen LogP contribution in [0.5, 0.6) is 0 Å². The van der Waals surface area contributed by atoms with Gasteiger partial charge in [0.05, 0.1) is 30.2 Å². The fourth-order valence-corrected chi connectivity index (χ4v) is 11.3. The summed E-state index contributed by atoms with van der Waals surface area (Å²) in [6.07, 6.45) is 1.40. The van der Waals surface area contributed by atoms with E-state index < -0.39 is 20.2 Å². The summed E-state index contributed by atoms with van der Waals surface area (Å²) in [4.78, 5) is 18.6. The average Bonchev–Trinajstić information content (AvgIpc) is 3.00. The largest absolute Gasteiger partial charge is 0.403 e. The van der Waals surface area contributed by atoms with Gasteiger partial charge in [-0.15, -0.1) is 4.91 Å². The van der Waals surface area contributed by atoms with Crippen LogP contribution in [0.25, 0.3) is 0 Å². The Balaban J connectivity index is 1.70. The Morgan fingerprint density at radius 1 is 1.00 bits per heavy atom. The zero-order valence-electron chi connectivity index (χ0n) is 25.8. The molecule has 1 aromatic heterocycles. The lowest BCUT2D eigenvalue weighted by Gasteiger charge is -2.43. The van der Waals surface area contributed by atoms with Gasteiger partial charge in [-0.2, -0.15) is 0 Å². The number of hydrogen-bond acceptors (Lipinski definition) is 6. The van der Waals surface area contributed by atoms with E-state index in [0.29, 0.717) is 30.0 Å².